The molecule has 2 atom stereocenters. The zero-order chi connectivity index (χ0) is 44.3. The molecular weight excluding hydrogens is 759 g/mol. The zero-order valence-corrected chi connectivity index (χ0v) is 39.3. The predicted octanol–water partition coefficient (Wildman–Crippen LogP) is 15.1. The van der Waals surface area contributed by atoms with Gasteiger partial charge in [-0.1, -0.05) is 111 Å². The number of ether oxygens (including phenoxy) is 2. The van der Waals surface area contributed by atoms with Gasteiger partial charge in [0.05, 0.1) is 11.4 Å². The molecule has 5 nitrogen and oxygen atoms in total. The molecule has 5 aromatic carbocycles. The Morgan fingerprint density at radius 1 is 0.710 bits per heavy atom. The predicted molar refractivity (Wildman–Crippen MR) is 258 cm³/mol. The van der Waals surface area contributed by atoms with Crippen molar-refractivity contribution in [2.24, 2.45) is 4.99 Å². The van der Waals surface area contributed by atoms with E-state index in [2.05, 4.69) is 199 Å². The molecule has 318 valence electrons. The van der Waals surface area contributed by atoms with E-state index < -0.39 is 11.1 Å². The second kappa shape index (κ2) is 14.4. The van der Waals surface area contributed by atoms with Gasteiger partial charge in [0, 0.05) is 35.2 Å². The van der Waals surface area contributed by atoms with Gasteiger partial charge in [0.25, 0.3) is 0 Å². The van der Waals surface area contributed by atoms with Crippen molar-refractivity contribution in [2.45, 2.75) is 137 Å². The van der Waals surface area contributed by atoms with Crippen LogP contribution >= 0.6 is 0 Å². The van der Waals surface area contributed by atoms with E-state index in [-0.39, 0.29) is 10.8 Å². The van der Waals surface area contributed by atoms with Gasteiger partial charge in [0.15, 0.2) is 0 Å². The van der Waals surface area contributed by atoms with Gasteiger partial charge in [0.2, 0.25) is 5.90 Å². The molecule has 0 N–H and O–H groups in total. The van der Waals surface area contributed by atoms with Crippen molar-refractivity contribution < 1.29 is 9.47 Å². The van der Waals surface area contributed by atoms with Crippen LogP contribution in [0.3, 0.4) is 0 Å². The Balaban J connectivity index is 1.20. The number of benzene rings is 5. The fourth-order valence-corrected chi connectivity index (χ4v) is 10.4. The van der Waals surface area contributed by atoms with Crippen LogP contribution in [-0.4, -0.2) is 16.5 Å². The SMILES string of the molecule is Cc1cc(Oc2cc(C3=N[C@]4(C)c5ccc(C)c(C)c5C[C@]4(C)O3)cc(-c3c(C(C)C)cccc3C(C)C)c2)cc(N2c3ccc(C(C)(C)C)cc3C(C)(C)c3cccnc32)c1. The number of aliphatic imine (C=N–C) groups is 1. The highest BCUT2D eigenvalue weighted by atomic mass is 16.5. The lowest BCUT2D eigenvalue weighted by molar-refractivity contribution is 0.0475. The molecule has 6 aromatic rings. The first kappa shape index (κ1) is 41.7. The van der Waals surface area contributed by atoms with E-state index in [9.17, 15) is 0 Å². The van der Waals surface area contributed by atoms with Crippen molar-refractivity contribution in [3.63, 3.8) is 0 Å². The fraction of sp³-hybridized carbons (Fsp3) is 0.368. The topological polar surface area (TPSA) is 47.0 Å². The van der Waals surface area contributed by atoms with Crippen molar-refractivity contribution in [3.8, 4) is 22.6 Å². The van der Waals surface area contributed by atoms with E-state index >= 15 is 0 Å². The summed E-state index contributed by atoms with van der Waals surface area (Å²) in [6.07, 6.45) is 2.72. The molecule has 0 bridgehead atoms. The smallest absolute Gasteiger partial charge is 0.217 e. The molecule has 3 aliphatic rings. The Labute approximate surface area is 370 Å². The minimum absolute atomic E-state index is 0.0144. The zero-order valence-electron chi connectivity index (χ0n) is 39.3. The maximum absolute atomic E-state index is 7.11. The third kappa shape index (κ3) is 6.57. The van der Waals surface area contributed by atoms with Gasteiger partial charge in [-0.15, -0.1) is 0 Å². The molecule has 0 saturated carbocycles. The van der Waals surface area contributed by atoms with E-state index in [0.717, 1.165) is 51.8 Å². The van der Waals surface area contributed by atoms with Crippen molar-refractivity contribution in [3.05, 3.63) is 164 Å². The summed E-state index contributed by atoms with van der Waals surface area (Å²) in [5, 5.41) is 0. The van der Waals surface area contributed by atoms with Crippen LogP contribution in [0.4, 0.5) is 17.2 Å². The van der Waals surface area contributed by atoms with Gasteiger partial charge in [-0.25, -0.2) is 9.98 Å². The largest absolute Gasteiger partial charge is 0.468 e. The minimum atomic E-state index is -0.519. The molecule has 0 amide bonds. The Morgan fingerprint density at radius 2 is 1.40 bits per heavy atom. The molecule has 0 spiro atoms. The first-order chi connectivity index (χ1) is 29.2. The Hall–Kier alpha value is -5.68. The molecular formula is C57H63N3O2. The molecule has 0 fully saturated rings. The number of nitrogens with zero attached hydrogens (tertiary/aromatic N) is 3. The van der Waals surface area contributed by atoms with Gasteiger partial charge in [0.1, 0.15) is 28.5 Å². The molecule has 0 radical (unpaired) electrons. The van der Waals surface area contributed by atoms with Crippen LogP contribution in [0.1, 0.15) is 149 Å². The molecule has 5 heteroatoms. The van der Waals surface area contributed by atoms with E-state index in [1.165, 1.54) is 55.6 Å². The second-order valence-electron chi connectivity index (χ2n) is 20.8. The summed E-state index contributed by atoms with van der Waals surface area (Å²) in [7, 11) is 0. The Kier molecular flexibility index (Phi) is 9.70. The number of hydrogen-bond donors (Lipinski definition) is 0. The van der Waals surface area contributed by atoms with Crippen LogP contribution in [0.25, 0.3) is 11.1 Å². The summed E-state index contributed by atoms with van der Waals surface area (Å²) in [6.45, 7) is 31.7. The number of rotatable bonds is 7. The van der Waals surface area contributed by atoms with Crippen molar-refractivity contribution in [1.82, 2.24) is 4.98 Å². The standard InChI is InChI=1S/C57H63N3O2/c1-33(2)44-17-15-18-45(34(3)4)51(44)38-27-39(53-59-57(14)47-22-20-36(6)37(7)46(47)32-56(57,13)62-53)29-43(28-38)61-42-26-35(5)25-41(31-42)60-50-23-21-40(54(8,9)10)30-49(50)55(11,12)48-19-16-24-58-52(48)60/h15-31,33-34H,32H2,1-14H3/t56-,57+/m0/s1. The first-order valence-electron chi connectivity index (χ1n) is 22.6. The van der Waals surface area contributed by atoms with Gasteiger partial charge in [-0.2, -0.15) is 0 Å². The Bertz CT molecular complexity index is 2790. The van der Waals surface area contributed by atoms with Crippen LogP contribution in [0, 0.1) is 20.8 Å². The first-order valence-corrected chi connectivity index (χ1v) is 22.6. The average molecular weight is 822 g/mol. The van der Waals surface area contributed by atoms with E-state index in [4.69, 9.17) is 19.5 Å². The van der Waals surface area contributed by atoms with Crippen molar-refractivity contribution in [1.29, 1.82) is 0 Å². The summed E-state index contributed by atoms with van der Waals surface area (Å²) in [5.41, 5.74) is 17.0. The van der Waals surface area contributed by atoms with E-state index in [1.54, 1.807) is 0 Å². The lowest BCUT2D eigenvalue weighted by Gasteiger charge is -2.41. The number of anilines is 3. The minimum Gasteiger partial charge on any atom is -0.468 e. The number of fused-ring (bicyclic) bond motifs is 5. The van der Waals surface area contributed by atoms with Gasteiger partial charge in [-0.05, 0) is 156 Å². The summed E-state index contributed by atoms with van der Waals surface area (Å²) in [4.78, 5) is 12.9. The number of aromatic nitrogens is 1. The molecule has 2 aliphatic heterocycles. The fourth-order valence-electron chi connectivity index (χ4n) is 10.4. The quantitative estimate of drug-likeness (QED) is 0.161. The highest BCUT2D eigenvalue weighted by molar-refractivity contribution is 5.98. The second-order valence-corrected chi connectivity index (χ2v) is 20.8. The van der Waals surface area contributed by atoms with Gasteiger partial charge < -0.3 is 9.47 Å². The third-order valence-corrected chi connectivity index (χ3v) is 14.4. The summed E-state index contributed by atoms with van der Waals surface area (Å²) >= 11 is 0. The van der Waals surface area contributed by atoms with Crippen LogP contribution < -0.4 is 9.64 Å². The molecule has 3 heterocycles. The summed E-state index contributed by atoms with van der Waals surface area (Å²) < 4.78 is 14.2. The highest BCUT2D eigenvalue weighted by Gasteiger charge is 2.59. The third-order valence-electron chi connectivity index (χ3n) is 14.4. The lowest BCUT2D eigenvalue weighted by atomic mass is 9.72. The number of pyridine rings is 1. The molecule has 0 saturated heterocycles. The molecule has 1 aromatic heterocycles. The molecule has 62 heavy (non-hydrogen) atoms. The number of hydrogen-bond acceptors (Lipinski definition) is 5. The maximum Gasteiger partial charge on any atom is 0.217 e. The number of aryl methyl sites for hydroxylation is 2. The molecule has 0 unspecified atom stereocenters. The van der Waals surface area contributed by atoms with Gasteiger partial charge >= 0.3 is 0 Å². The molecule has 9 rings (SSSR count). The van der Waals surface area contributed by atoms with E-state index in [0.29, 0.717) is 17.7 Å². The van der Waals surface area contributed by atoms with E-state index in [1.807, 2.05) is 6.20 Å². The normalized spacial score (nSPS) is 19.8. The van der Waals surface area contributed by atoms with Gasteiger partial charge in [-0.3, -0.25) is 4.90 Å². The van der Waals surface area contributed by atoms with Crippen LogP contribution in [0.5, 0.6) is 11.5 Å². The van der Waals surface area contributed by atoms with Crippen LogP contribution in [-0.2, 0) is 27.5 Å². The average Bonchev–Trinajstić information content (AvgIpc) is 3.60. The highest BCUT2D eigenvalue weighted by Crippen LogP contribution is 2.55. The van der Waals surface area contributed by atoms with Crippen LogP contribution in [0.15, 0.2) is 108 Å². The summed E-state index contributed by atoms with van der Waals surface area (Å²) in [6, 6.07) is 35.7. The van der Waals surface area contributed by atoms with Crippen molar-refractivity contribution >= 4 is 23.1 Å². The summed E-state index contributed by atoms with van der Waals surface area (Å²) in [5.74, 6) is 3.74. The molecule has 1 aliphatic carbocycles. The maximum atomic E-state index is 7.11. The Morgan fingerprint density at radius 3 is 2.10 bits per heavy atom. The monoisotopic (exact) mass is 821 g/mol. The van der Waals surface area contributed by atoms with Crippen LogP contribution in [0.2, 0.25) is 0 Å². The lowest BCUT2D eigenvalue weighted by Crippen LogP contribution is -2.41. The van der Waals surface area contributed by atoms with Crippen molar-refractivity contribution in [2.75, 3.05) is 4.90 Å².